The lowest BCUT2D eigenvalue weighted by Crippen LogP contribution is -2.50. The van der Waals surface area contributed by atoms with E-state index in [-0.39, 0.29) is 90.8 Å². The van der Waals surface area contributed by atoms with Gasteiger partial charge in [0.2, 0.25) is 17.7 Å². The molecule has 8 N–H and O–H groups in total. The largest absolute Gasteiger partial charge is 0.468 e. The van der Waals surface area contributed by atoms with E-state index in [1.165, 1.54) is 32.4 Å². The third-order valence-electron chi connectivity index (χ3n) is 9.41. The first-order valence-corrected chi connectivity index (χ1v) is 20.4. The molecule has 21 heteroatoms. The number of allylic oxidation sites excluding steroid dienone is 1. The zero-order valence-electron chi connectivity index (χ0n) is 36.2. The normalized spacial score (nSPS) is 14.9. The minimum Gasteiger partial charge on any atom is -0.468 e. The molecule has 0 bridgehead atoms. The Morgan fingerprint density at radius 3 is 2.12 bits per heavy atom. The number of nitriles is 1. The van der Waals surface area contributed by atoms with Crippen LogP contribution in [0.25, 0.3) is 0 Å². The first-order valence-electron chi connectivity index (χ1n) is 19.6. The Balaban J connectivity index is 4.86. The second-order valence-corrected chi connectivity index (χ2v) is 15.8. The molecule has 3 amide bonds. The number of ether oxygens (including phenoxy) is 3. The summed E-state index contributed by atoms with van der Waals surface area (Å²) in [4.78, 5) is 76.3. The van der Waals surface area contributed by atoms with Crippen molar-refractivity contribution in [2.75, 3.05) is 67.3 Å². The lowest BCUT2D eigenvalue weighted by molar-refractivity contribution is -0.153. The molecule has 0 radical (unpaired) electrons. The lowest BCUT2D eigenvalue weighted by Gasteiger charge is -2.31. The Morgan fingerprint density at radius 1 is 0.932 bits per heavy atom. The van der Waals surface area contributed by atoms with Gasteiger partial charge in [-0.05, 0) is 50.9 Å². The van der Waals surface area contributed by atoms with Crippen LogP contribution in [0.3, 0.4) is 0 Å². The molecule has 0 aliphatic carbocycles. The highest BCUT2D eigenvalue weighted by molar-refractivity contribution is 7.26. The highest BCUT2D eigenvalue weighted by atomic mass is 31.1. The average molecular weight is 861 g/mol. The molecule has 0 saturated carbocycles. The number of carbonyl (C=O) groups excluding carboxylic acids is 6. The molecule has 7 atom stereocenters. The van der Waals surface area contributed by atoms with Crippen molar-refractivity contribution >= 4 is 44.7 Å². The van der Waals surface area contributed by atoms with Crippen molar-refractivity contribution in [2.24, 2.45) is 34.7 Å². The Bertz CT molecular complexity index is 1380. The lowest BCUT2D eigenvalue weighted by atomic mass is 9.82. The number of carbonyl (C=O) groups is 6. The van der Waals surface area contributed by atoms with E-state index in [0.717, 1.165) is 5.01 Å². The van der Waals surface area contributed by atoms with E-state index < -0.39 is 47.4 Å². The van der Waals surface area contributed by atoms with Crippen LogP contribution in [0, 0.1) is 34.5 Å². The van der Waals surface area contributed by atoms with Gasteiger partial charge in [-0.15, -0.1) is 0 Å². The number of aliphatic hydroxyl groups excluding tert-OH is 1. The minimum absolute atomic E-state index is 0.0549. The molecule has 0 rings (SSSR count). The quantitative estimate of drug-likeness (QED) is 0.0139. The van der Waals surface area contributed by atoms with Crippen molar-refractivity contribution in [3.05, 3.63) is 11.9 Å². The van der Waals surface area contributed by atoms with E-state index in [9.17, 15) is 33.9 Å². The summed E-state index contributed by atoms with van der Waals surface area (Å²) in [5.74, 6) is 2.60. The maximum atomic E-state index is 13.1. The summed E-state index contributed by atoms with van der Waals surface area (Å²) in [5, 5.41) is 28.1. The summed E-state index contributed by atoms with van der Waals surface area (Å²) in [7, 11) is 3.26. The van der Waals surface area contributed by atoms with E-state index >= 15 is 0 Å². The van der Waals surface area contributed by atoms with Crippen LogP contribution in [0.5, 0.6) is 0 Å². The smallest absolute Gasteiger partial charge is 0.323 e. The van der Waals surface area contributed by atoms with Gasteiger partial charge in [0.05, 0.1) is 72.3 Å². The second-order valence-electron chi connectivity index (χ2n) is 15.1. The molecule has 0 aromatic heterocycles. The molecule has 20 nitrogen and oxygen atoms in total. The van der Waals surface area contributed by atoms with Crippen molar-refractivity contribution in [2.45, 2.75) is 98.3 Å². The molecule has 0 aromatic carbocycles. The van der Waals surface area contributed by atoms with Gasteiger partial charge in [0.1, 0.15) is 12.6 Å². The summed E-state index contributed by atoms with van der Waals surface area (Å²) in [5.41, 5.74) is 5.84. The zero-order valence-corrected chi connectivity index (χ0v) is 37.2. The van der Waals surface area contributed by atoms with Crippen molar-refractivity contribution in [1.82, 2.24) is 25.9 Å². The van der Waals surface area contributed by atoms with Gasteiger partial charge < -0.3 is 55.1 Å². The van der Waals surface area contributed by atoms with Crippen LogP contribution in [0.2, 0.25) is 0 Å². The fourth-order valence-corrected chi connectivity index (χ4v) is 6.43. The molecular formula is C38H69N8O12P. The predicted octanol–water partition coefficient (Wildman–Crippen LogP) is 0.590. The number of nitrogens with two attached hydrogens (primary N) is 2. The number of esters is 3. The number of unbranched alkanes of at least 4 members (excludes halogenated alkanes) is 1. The van der Waals surface area contributed by atoms with E-state index in [2.05, 4.69) is 25.4 Å². The van der Waals surface area contributed by atoms with E-state index in [1.54, 1.807) is 27.7 Å². The molecule has 338 valence electrons. The van der Waals surface area contributed by atoms with Gasteiger partial charge in [0, 0.05) is 36.3 Å². The Labute approximate surface area is 350 Å². The van der Waals surface area contributed by atoms with E-state index in [4.69, 9.17) is 30.6 Å². The number of nitrogens with zero attached hydrogens (tertiary/aromatic N) is 3. The number of hydrazine groups is 1. The maximum Gasteiger partial charge on any atom is 0.323 e. The predicted molar refractivity (Wildman–Crippen MR) is 219 cm³/mol. The summed E-state index contributed by atoms with van der Waals surface area (Å²) >= 11 is 0. The highest BCUT2D eigenvalue weighted by Gasteiger charge is 2.33. The zero-order chi connectivity index (χ0) is 45.1. The van der Waals surface area contributed by atoms with Crippen molar-refractivity contribution < 1.29 is 57.1 Å². The molecule has 0 saturated heterocycles. The summed E-state index contributed by atoms with van der Waals surface area (Å²) in [6, 6.07) is 0.393. The van der Waals surface area contributed by atoms with Crippen LogP contribution in [0.1, 0.15) is 80.1 Å². The Hall–Kier alpha value is -4.12. The van der Waals surface area contributed by atoms with Gasteiger partial charge in [-0.2, -0.15) is 5.26 Å². The molecule has 0 spiro atoms. The van der Waals surface area contributed by atoms with Gasteiger partial charge in [-0.1, -0.05) is 34.6 Å². The molecule has 0 heterocycles. The topological polar surface area (TPSA) is 287 Å². The maximum absolute atomic E-state index is 13.1. The molecule has 0 fully saturated rings. The van der Waals surface area contributed by atoms with Gasteiger partial charge in [-0.3, -0.25) is 33.7 Å². The molecule has 59 heavy (non-hydrogen) atoms. The van der Waals surface area contributed by atoms with Crippen LogP contribution < -0.4 is 27.5 Å². The summed E-state index contributed by atoms with van der Waals surface area (Å²) < 4.78 is 25.1. The molecule has 0 aliphatic heterocycles. The van der Waals surface area contributed by atoms with Gasteiger partial charge in [0.15, 0.2) is 9.03 Å². The van der Waals surface area contributed by atoms with Crippen molar-refractivity contribution in [1.29, 1.82) is 5.26 Å². The Morgan fingerprint density at radius 2 is 1.56 bits per heavy atom. The van der Waals surface area contributed by atoms with Gasteiger partial charge >= 0.3 is 17.9 Å². The number of rotatable bonds is 31. The highest BCUT2D eigenvalue weighted by Crippen LogP contribution is 2.27. The SMILES string of the molecule is COC(=O)CN(CC(=O)OC)C(CCCCNC(=O)CN(N)/C=C(\N)C(C)CC(C)C(=O)NCC(C)CC(C)(C)C(=O)NC(CO)C(C)OPOCCC#N)C(=O)OC. The second kappa shape index (κ2) is 30.0. The van der Waals surface area contributed by atoms with Crippen LogP contribution in [-0.4, -0.2) is 136 Å². The summed E-state index contributed by atoms with van der Waals surface area (Å²) in [6.45, 7) is 10.5. The van der Waals surface area contributed by atoms with Crippen molar-refractivity contribution in [3.8, 4) is 6.07 Å². The summed E-state index contributed by atoms with van der Waals surface area (Å²) in [6.07, 6.45) is 3.17. The third-order valence-corrected chi connectivity index (χ3v) is 10.2. The van der Waals surface area contributed by atoms with Crippen LogP contribution in [0.15, 0.2) is 11.9 Å². The number of hydrogen-bond acceptors (Lipinski definition) is 17. The monoisotopic (exact) mass is 860 g/mol. The number of hydrogen-bond donors (Lipinski definition) is 6. The Kier molecular flexibility index (Phi) is 27.9. The number of aliphatic hydroxyl groups is 1. The fourth-order valence-electron chi connectivity index (χ4n) is 5.86. The number of nitrogens with one attached hydrogen (secondary N) is 3. The van der Waals surface area contributed by atoms with Crippen LogP contribution in [0.4, 0.5) is 0 Å². The van der Waals surface area contributed by atoms with Gasteiger partial charge in [-0.25, -0.2) is 5.84 Å². The van der Waals surface area contributed by atoms with Crippen molar-refractivity contribution in [3.63, 3.8) is 0 Å². The first kappa shape index (κ1) is 54.9. The minimum atomic E-state index is -0.920. The average Bonchev–Trinajstić information content (AvgIpc) is 3.18. The standard InChI is InChI=1S/C38H69N8O12P/c1-25(18-38(5,6)37(53)44-30(24-47)28(4)58-59-57-16-12-14-39)19-43-35(51)27(3)17-26(2)29(40)20-46(41)21-32(48)42-15-11-10-13-31(36(52)56-9)45(22-33(49)54-7)23-34(50)55-8/h20,25-28,30-31,47,59H,10-13,15-19,21-24,40-41H2,1-9H3,(H,42,48)(H,43,51)(H,44,53)/b29-20-. The molecule has 0 aliphatic rings. The molecular weight excluding hydrogens is 791 g/mol. The molecule has 0 aromatic rings. The van der Waals surface area contributed by atoms with E-state index in [0.29, 0.717) is 37.9 Å². The first-order chi connectivity index (χ1) is 27.8. The van der Waals surface area contributed by atoms with Crippen LogP contribution >= 0.6 is 9.03 Å². The van der Waals surface area contributed by atoms with E-state index in [1.807, 2.05) is 19.9 Å². The number of amides is 3. The molecule has 7 unspecified atom stereocenters. The number of methoxy groups -OCH3 is 3. The van der Waals surface area contributed by atoms with Gasteiger partial charge in [0.25, 0.3) is 0 Å². The van der Waals surface area contributed by atoms with Crippen LogP contribution in [-0.2, 0) is 52.0 Å². The third kappa shape index (κ3) is 23.3. The fraction of sp³-hybridized carbons (Fsp3) is 0.763.